The summed E-state index contributed by atoms with van der Waals surface area (Å²) < 4.78 is 10.6. The van der Waals surface area contributed by atoms with Crippen LogP contribution in [0.1, 0.15) is 25.6 Å². The highest BCUT2D eigenvalue weighted by Crippen LogP contribution is 2.33. The van der Waals surface area contributed by atoms with Crippen molar-refractivity contribution in [3.63, 3.8) is 0 Å². The SMILES string of the molecule is CCCCNNC(=O)Nc1nc(C)nc2cc(OC)c(OC)cc12. The fourth-order valence-corrected chi connectivity index (χ4v) is 2.21. The summed E-state index contributed by atoms with van der Waals surface area (Å²) in [6, 6.07) is 3.11. The Kier molecular flexibility index (Phi) is 6.14. The van der Waals surface area contributed by atoms with Crippen molar-refractivity contribution in [2.45, 2.75) is 26.7 Å². The first kappa shape index (κ1) is 17.7. The third-order valence-electron chi connectivity index (χ3n) is 3.40. The summed E-state index contributed by atoms with van der Waals surface area (Å²) in [5.74, 6) is 2.07. The van der Waals surface area contributed by atoms with Crippen LogP contribution in [0.15, 0.2) is 12.1 Å². The molecule has 130 valence electrons. The number of ether oxygens (including phenoxy) is 2. The van der Waals surface area contributed by atoms with Crippen molar-refractivity contribution in [1.82, 2.24) is 20.8 Å². The zero-order chi connectivity index (χ0) is 17.5. The third-order valence-corrected chi connectivity index (χ3v) is 3.40. The summed E-state index contributed by atoms with van der Waals surface area (Å²) in [5.41, 5.74) is 6.11. The molecule has 0 fully saturated rings. The van der Waals surface area contributed by atoms with Gasteiger partial charge in [0, 0.05) is 18.0 Å². The lowest BCUT2D eigenvalue weighted by atomic mass is 10.2. The second-order valence-corrected chi connectivity index (χ2v) is 5.20. The van der Waals surface area contributed by atoms with Crippen molar-refractivity contribution in [2.75, 3.05) is 26.1 Å². The van der Waals surface area contributed by atoms with Crippen LogP contribution in [-0.2, 0) is 0 Å². The minimum Gasteiger partial charge on any atom is -0.493 e. The van der Waals surface area contributed by atoms with Crippen molar-refractivity contribution in [3.05, 3.63) is 18.0 Å². The molecule has 1 heterocycles. The summed E-state index contributed by atoms with van der Waals surface area (Å²) in [7, 11) is 3.11. The first-order valence-electron chi connectivity index (χ1n) is 7.79. The number of hydrogen-bond acceptors (Lipinski definition) is 6. The number of hydrogen-bond donors (Lipinski definition) is 3. The number of aromatic nitrogens is 2. The quantitative estimate of drug-likeness (QED) is 0.532. The van der Waals surface area contributed by atoms with Gasteiger partial charge in [-0.2, -0.15) is 0 Å². The van der Waals surface area contributed by atoms with E-state index in [1.165, 1.54) is 0 Å². The molecule has 2 amide bonds. The molecule has 0 saturated carbocycles. The minimum absolute atomic E-state index is 0.389. The number of fused-ring (bicyclic) bond motifs is 1. The van der Waals surface area contributed by atoms with E-state index in [9.17, 15) is 4.79 Å². The van der Waals surface area contributed by atoms with Gasteiger partial charge in [0.2, 0.25) is 0 Å². The number of hydrazine groups is 1. The molecule has 8 heteroatoms. The molecule has 0 aliphatic rings. The van der Waals surface area contributed by atoms with E-state index in [1.54, 1.807) is 33.3 Å². The van der Waals surface area contributed by atoms with E-state index in [4.69, 9.17) is 9.47 Å². The van der Waals surface area contributed by atoms with Gasteiger partial charge in [-0.1, -0.05) is 13.3 Å². The van der Waals surface area contributed by atoms with Crippen LogP contribution in [0.4, 0.5) is 10.6 Å². The number of unbranched alkanes of at least 4 members (excludes halogenated alkanes) is 1. The van der Waals surface area contributed by atoms with E-state index < -0.39 is 0 Å². The van der Waals surface area contributed by atoms with E-state index in [1.807, 2.05) is 0 Å². The molecule has 24 heavy (non-hydrogen) atoms. The summed E-state index contributed by atoms with van der Waals surface area (Å²) in [4.78, 5) is 20.7. The van der Waals surface area contributed by atoms with E-state index in [2.05, 4.69) is 33.1 Å². The molecule has 1 aromatic carbocycles. The van der Waals surface area contributed by atoms with Gasteiger partial charge in [0.05, 0.1) is 19.7 Å². The first-order valence-corrected chi connectivity index (χ1v) is 7.79. The average Bonchev–Trinajstić information content (AvgIpc) is 2.57. The van der Waals surface area contributed by atoms with Crippen LogP contribution in [0.3, 0.4) is 0 Å². The maximum absolute atomic E-state index is 12.0. The Morgan fingerprint density at radius 1 is 1.17 bits per heavy atom. The molecule has 0 aliphatic carbocycles. The molecule has 0 aliphatic heterocycles. The molecule has 0 radical (unpaired) electrons. The lowest BCUT2D eigenvalue weighted by molar-refractivity contribution is 0.248. The van der Waals surface area contributed by atoms with E-state index in [0.29, 0.717) is 40.6 Å². The lowest BCUT2D eigenvalue weighted by Crippen LogP contribution is -2.41. The molecular weight excluding hydrogens is 310 g/mol. The van der Waals surface area contributed by atoms with Crippen molar-refractivity contribution in [3.8, 4) is 11.5 Å². The predicted molar refractivity (Wildman–Crippen MR) is 92.4 cm³/mol. The highest BCUT2D eigenvalue weighted by atomic mass is 16.5. The highest BCUT2D eigenvalue weighted by molar-refractivity contribution is 5.99. The molecule has 2 rings (SSSR count). The fraction of sp³-hybridized carbons (Fsp3) is 0.438. The fourth-order valence-electron chi connectivity index (χ4n) is 2.21. The number of urea groups is 1. The van der Waals surface area contributed by atoms with E-state index in [0.717, 1.165) is 12.8 Å². The van der Waals surface area contributed by atoms with Crippen LogP contribution >= 0.6 is 0 Å². The normalized spacial score (nSPS) is 10.5. The number of nitrogens with zero attached hydrogens (tertiary/aromatic N) is 2. The predicted octanol–water partition coefficient (Wildman–Crippen LogP) is 2.38. The van der Waals surface area contributed by atoms with E-state index >= 15 is 0 Å². The van der Waals surface area contributed by atoms with Gasteiger partial charge in [0.15, 0.2) is 11.5 Å². The Morgan fingerprint density at radius 2 is 1.88 bits per heavy atom. The topological polar surface area (TPSA) is 97.4 Å². The van der Waals surface area contributed by atoms with Crippen LogP contribution < -0.4 is 25.6 Å². The zero-order valence-corrected chi connectivity index (χ0v) is 14.4. The number of carbonyl (C=O) groups is 1. The Morgan fingerprint density at radius 3 is 2.54 bits per heavy atom. The first-order chi connectivity index (χ1) is 11.6. The van der Waals surface area contributed by atoms with E-state index in [-0.39, 0.29) is 6.03 Å². The highest BCUT2D eigenvalue weighted by Gasteiger charge is 2.13. The Bertz CT molecular complexity index is 720. The number of carbonyl (C=O) groups excluding carboxylic acids is 1. The number of nitrogens with one attached hydrogen (secondary N) is 3. The average molecular weight is 333 g/mol. The maximum Gasteiger partial charge on any atom is 0.334 e. The van der Waals surface area contributed by atoms with Crippen molar-refractivity contribution < 1.29 is 14.3 Å². The number of benzene rings is 1. The van der Waals surface area contributed by atoms with Crippen LogP contribution in [0.5, 0.6) is 11.5 Å². The van der Waals surface area contributed by atoms with Gasteiger partial charge < -0.3 is 9.47 Å². The molecule has 0 unspecified atom stereocenters. The smallest absolute Gasteiger partial charge is 0.334 e. The van der Waals surface area contributed by atoms with Gasteiger partial charge in [-0.05, 0) is 19.4 Å². The molecular formula is C16H23N5O3. The summed E-state index contributed by atoms with van der Waals surface area (Å²) in [5, 5.41) is 3.40. The number of aryl methyl sites for hydroxylation is 1. The van der Waals surface area contributed by atoms with Crippen LogP contribution in [-0.4, -0.2) is 36.8 Å². The molecule has 8 nitrogen and oxygen atoms in total. The zero-order valence-electron chi connectivity index (χ0n) is 14.4. The van der Waals surface area contributed by atoms with Crippen molar-refractivity contribution in [1.29, 1.82) is 0 Å². The summed E-state index contributed by atoms with van der Waals surface area (Å²) in [6.45, 7) is 4.55. The third kappa shape index (κ3) is 4.23. The summed E-state index contributed by atoms with van der Waals surface area (Å²) in [6.07, 6.45) is 2.03. The summed E-state index contributed by atoms with van der Waals surface area (Å²) >= 11 is 0. The van der Waals surface area contributed by atoms with Crippen LogP contribution in [0.25, 0.3) is 10.9 Å². The second-order valence-electron chi connectivity index (χ2n) is 5.20. The number of methoxy groups -OCH3 is 2. The molecule has 0 saturated heterocycles. The lowest BCUT2D eigenvalue weighted by Gasteiger charge is -2.13. The van der Waals surface area contributed by atoms with Crippen molar-refractivity contribution in [2.24, 2.45) is 0 Å². The molecule has 0 atom stereocenters. The largest absolute Gasteiger partial charge is 0.493 e. The minimum atomic E-state index is -0.389. The molecule has 3 N–H and O–H groups in total. The number of amides is 2. The Hall–Kier alpha value is -2.61. The Balaban J connectivity index is 2.27. The number of rotatable bonds is 7. The van der Waals surface area contributed by atoms with Crippen molar-refractivity contribution >= 4 is 22.8 Å². The van der Waals surface area contributed by atoms with Gasteiger partial charge in [-0.3, -0.25) is 10.7 Å². The maximum atomic E-state index is 12.0. The second kappa shape index (κ2) is 8.30. The van der Waals surface area contributed by atoms with Gasteiger partial charge in [0.25, 0.3) is 0 Å². The number of anilines is 1. The van der Waals surface area contributed by atoms with Crippen LogP contribution in [0, 0.1) is 6.92 Å². The molecule has 0 bridgehead atoms. The molecule has 1 aromatic heterocycles. The van der Waals surface area contributed by atoms with Crippen LogP contribution in [0.2, 0.25) is 0 Å². The van der Waals surface area contributed by atoms with Gasteiger partial charge in [-0.25, -0.2) is 20.2 Å². The molecule has 0 spiro atoms. The van der Waals surface area contributed by atoms with Gasteiger partial charge in [-0.15, -0.1) is 0 Å². The Labute approximate surface area is 140 Å². The standard InChI is InChI=1S/C16H23N5O3/c1-5-6-7-17-21-16(22)20-15-11-8-13(23-3)14(24-4)9-12(11)18-10(2)19-15/h8-9,17H,5-7H2,1-4H3,(H2,18,19,20,21,22). The monoisotopic (exact) mass is 333 g/mol. The molecule has 2 aromatic rings. The van der Waals surface area contributed by atoms with Gasteiger partial charge >= 0.3 is 6.03 Å². The van der Waals surface area contributed by atoms with Gasteiger partial charge in [0.1, 0.15) is 11.6 Å².